The van der Waals surface area contributed by atoms with Gasteiger partial charge in [0.15, 0.2) is 17.5 Å². The van der Waals surface area contributed by atoms with Crippen LogP contribution in [0.1, 0.15) is 49.2 Å². The Kier molecular flexibility index (Phi) is 7.21. The van der Waals surface area contributed by atoms with Gasteiger partial charge in [-0.15, -0.1) is 0 Å². The molecule has 0 saturated carbocycles. The van der Waals surface area contributed by atoms with Gasteiger partial charge in [0.2, 0.25) is 0 Å². The standard InChI is InChI=1S/C30H30FN9O2/c1-18-13-25(39-38-18)36-24-14-21-5-4-12-32-27(21)28(37-24)20-8-10-30(42-3,11-9-20)29(41)35-19(2)22-6-7-26(33-15-22)40-17-23(31)16-34-40/h4-8,12-17,19H,9-11H2,1-3H3,(H,35,41)(H2,36,37,38,39)/t19-,30?/m0/s1. The van der Waals surface area contributed by atoms with Crippen molar-refractivity contribution < 1.29 is 13.9 Å². The Hall–Kier alpha value is -4.97. The van der Waals surface area contributed by atoms with Gasteiger partial charge in [-0.25, -0.2) is 19.0 Å². The van der Waals surface area contributed by atoms with Gasteiger partial charge >= 0.3 is 0 Å². The summed E-state index contributed by atoms with van der Waals surface area (Å²) in [4.78, 5) is 27.4. The number of hydrogen-bond acceptors (Lipinski definition) is 8. The maximum atomic E-state index is 13.6. The zero-order valence-corrected chi connectivity index (χ0v) is 23.4. The monoisotopic (exact) mass is 567 g/mol. The third-order valence-electron chi connectivity index (χ3n) is 7.54. The lowest BCUT2D eigenvalue weighted by Gasteiger charge is -2.35. The fourth-order valence-electron chi connectivity index (χ4n) is 5.14. The van der Waals surface area contributed by atoms with Crippen LogP contribution in [0, 0.1) is 12.7 Å². The van der Waals surface area contributed by atoms with Gasteiger partial charge in [0.05, 0.1) is 29.6 Å². The maximum Gasteiger partial charge on any atom is 0.253 e. The van der Waals surface area contributed by atoms with Crippen molar-refractivity contribution in [3.8, 4) is 5.82 Å². The zero-order valence-electron chi connectivity index (χ0n) is 23.4. The molecule has 2 atom stereocenters. The van der Waals surface area contributed by atoms with E-state index in [4.69, 9.17) is 9.72 Å². The smallest absolute Gasteiger partial charge is 0.253 e. The number of pyridine rings is 3. The largest absolute Gasteiger partial charge is 0.368 e. The molecule has 0 saturated heterocycles. The number of anilines is 2. The fraction of sp³-hybridized carbons (Fsp3) is 0.267. The Labute approximate surface area is 241 Å². The van der Waals surface area contributed by atoms with Crippen LogP contribution in [0.4, 0.5) is 16.0 Å². The molecule has 5 aromatic rings. The molecule has 11 nitrogen and oxygen atoms in total. The molecule has 214 valence electrons. The number of rotatable bonds is 8. The van der Waals surface area contributed by atoms with Crippen molar-refractivity contribution >= 4 is 34.0 Å². The van der Waals surface area contributed by atoms with Crippen LogP contribution in [-0.2, 0) is 9.53 Å². The van der Waals surface area contributed by atoms with E-state index in [0.717, 1.165) is 39.6 Å². The van der Waals surface area contributed by atoms with E-state index in [9.17, 15) is 9.18 Å². The molecule has 5 heterocycles. The highest BCUT2D eigenvalue weighted by Crippen LogP contribution is 2.37. The number of carbonyl (C=O) groups is 1. The van der Waals surface area contributed by atoms with Crippen LogP contribution in [0.25, 0.3) is 22.3 Å². The Morgan fingerprint density at radius 1 is 1.19 bits per heavy atom. The number of amides is 1. The Balaban J connectivity index is 1.20. The van der Waals surface area contributed by atoms with Crippen molar-refractivity contribution in [1.29, 1.82) is 0 Å². The predicted octanol–water partition coefficient (Wildman–Crippen LogP) is 4.95. The number of fused-ring (bicyclic) bond motifs is 1. The normalized spacial score (nSPS) is 17.6. The van der Waals surface area contributed by atoms with Crippen molar-refractivity contribution in [1.82, 2.24) is 40.2 Å². The summed E-state index contributed by atoms with van der Waals surface area (Å²) in [5, 5.41) is 18.4. The summed E-state index contributed by atoms with van der Waals surface area (Å²) in [5.41, 5.74) is 3.29. The lowest BCUT2D eigenvalue weighted by Crippen LogP contribution is -2.49. The predicted molar refractivity (Wildman–Crippen MR) is 156 cm³/mol. The Morgan fingerprint density at radius 2 is 2.07 bits per heavy atom. The summed E-state index contributed by atoms with van der Waals surface area (Å²) < 4.78 is 20.5. The van der Waals surface area contributed by atoms with Crippen LogP contribution in [-0.4, -0.2) is 53.5 Å². The van der Waals surface area contributed by atoms with E-state index in [0.29, 0.717) is 36.7 Å². The molecule has 1 aliphatic carbocycles. The zero-order chi connectivity index (χ0) is 29.3. The number of nitrogens with zero attached hydrogens (tertiary/aromatic N) is 6. The van der Waals surface area contributed by atoms with Gasteiger partial charge < -0.3 is 15.4 Å². The van der Waals surface area contributed by atoms with Gasteiger partial charge in [-0.3, -0.25) is 14.9 Å². The molecule has 0 aromatic carbocycles. The van der Waals surface area contributed by atoms with E-state index in [1.807, 2.05) is 50.3 Å². The topological polar surface area (TPSA) is 136 Å². The first-order valence-corrected chi connectivity index (χ1v) is 13.6. The van der Waals surface area contributed by atoms with Crippen molar-refractivity contribution in [2.75, 3.05) is 12.4 Å². The summed E-state index contributed by atoms with van der Waals surface area (Å²) >= 11 is 0. The Morgan fingerprint density at radius 3 is 2.74 bits per heavy atom. The molecule has 42 heavy (non-hydrogen) atoms. The van der Waals surface area contributed by atoms with Crippen LogP contribution >= 0.6 is 0 Å². The van der Waals surface area contributed by atoms with Crippen molar-refractivity contribution in [3.05, 3.63) is 90.0 Å². The molecule has 3 N–H and O–H groups in total. The second-order valence-electron chi connectivity index (χ2n) is 10.4. The van der Waals surface area contributed by atoms with Gasteiger partial charge in [-0.2, -0.15) is 10.2 Å². The highest BCUT2D eigenvalue weighted by Gasteiger charge is 2.40. The van der Waals surface area contributed by atoms with Gasteiger partial charge in [0.1, 0.15) is 11.4 Å². The van der Waals surface area contributed by atoms with Crippen molar-refractivity contribution in [2.24, 2.45) is 0 Å². The molecule has 12 heteroatoms. The summed E-state index contributed by atoms with van der Waals surface area (Å²) in [6, 6.07) is 11.0. The summed E-state index contributed by atoms with van der Waals surface area (Å²) in [7, 11) is 1.56. The van der Waals surface area contributed by atoms with Crippen molar-refractivity contribution in [3.63, 3.8) is 0 Å². The van der Waals surface area contributed by atoms with Gasteiger partial charge in [-0.1, -0.05) is 18.2 Å². The lowest BCUT2D eigenvalue weighted by atomic mass is 9.82. The number of ether oxygens (including phenoxy) is 1. The number of aromatic nitrogens is 7. The minimum atomic E-state index is -1.02. The van der Waals surface area contributed by atoms with E-state index >= 15 is 0 Å². The third-order valence-corrected chi connectivity index (χ3v) is 7.54. The number of methoxy groups -OCH3 is 1. The molecule has 6 rings (SSSR count). The summed E-state index contributed by atoms with van der Waals surface area (Å²) in [5.74, 6) is 1.17. The van der Waals surface area contributed by atoms with E-state index in [-0.39, 0.29) is 11.9 Å². The summed E-state index contributed by atoms with van der Waals surface area (Å²) in [6.45, 7) is 3.82. The van der Waals surface area contributed by atoms with Crippen LogP contribution in [0.15, 0.2) is 67.3 Å². The lowest BCUT2D eigenvalue weighted by molar-refractivity contribution is -0.145. The number of halogens is 1. The minimum Gasteiger partial charge on any atom is -0.368 e. The average molecular weight is 568 g/mol. The Bertz CT molecular complexity index is 1780. The number of allylic oxidation sites excluding steroid dienone is 1. The first kappa shape index (κ1) is 27.2. The van der Waals surface area contributed by atoms with E-state index in [2.05, 4.69) is 35.9 Å². The molecule has 5 aromatic heterocycles. The van der Waals surface area contributed by atoms with Gasteiger partial charge in [0.25, 0.3) is 5.91 Å². The van der Waals surface area contributed by atoms with Crippen LogP contribution in [0.5, 0.6) is 0 Å². The highest BCUT2D eigenvalue weighted by molar-refractivity contribution is 5.93. The molecule has 1 amide bonds. The number of H-pyrrole nitrogens is 1. The molecule has 0 bridgehead atoms. The SMILES string of the molecule is COC1(C(=O)N[C@@H](C)c2ccc(-n3cc(F)cn3)nc2)CC=C(c2nc(Nc3cc(C)[nH]n3)cc3cccnc23)CC1. The quantitative estimate of drug-likeness (QED) is 0.240. The molecule has 0 spiro atoms. The first-order chi connectivity index (χ1) is 20.3. The highest BCUT2D eigenvalue weighted by atomic mass is 19.1. The first-order valence-electron chi connectivity index (χ1n) is 13.6. The molecule has 0 fully saturated rings. The molecular formula is C30H30FN9O2. The van der Waals surface area contributed by atoms with Crippen LogP contribution < -0.4 is 10.6 Å². The third kappa shape index (κ3) is 5.36. The van der Waals surface area contributed by atoms with E-state index in [1.54, 1.807) is 25.6 Å². The van der Waals surface area contributed by atoms with Crippen molar-refractivity contribution in [2.45, 2.75) is 44.8 Å². The fourth-order valence-corrected chi connectivity index (χ4v) is 5.14. The van der Waals surface area contributed by atoms with Crippen LogP contribution in [0.2, 0.25) is 0 Å². The molecule has 0 aliphatic heterocycles. The van der Waals surface area contributed by atoms with Gasteiger partial charge in [-0.05, 0) is 56.0 Å². The number of hydrogen-bond donors (Lipinski definition) is 3. The van der Waals surface area contributed by atoms with E-state index in [1.165, 1.54) is 10.9 Å². The second kappa shape index (κ2) is 11.1. The molecule has 1 aliphatic rings. The molecular weight excluding hydrogens is 537 g/mol. The number of nitrogens with one attached hydrogen (secondary N) is 3. The summed E-state index contributed by atoms with van der Waals surface area (Å²) in [6.07, 6.45) is 9.23. The second-order valence-corrected chi connectivity index (χ2v) is 10.4. The number of aryl methyl sites for hydroxylation is 1. The minimum absolute atomic E-state index is 0.203. The maximum absolute atomic E-state index is 13.6. The van der Waals surface area contributed by atoms with Crippen LogP contribution in [0.3, 0.4) is 0 Å². The number of carbonyl (C=O) groups excluding carboxylic acids is 1. The van der Waals surface area contributed by atoms with Gasteiger partial charge in [0, 0.05) is 43.1 Å². The molecule has 0 radical (unpaired) electrons. The average Bonchev–Trinajstić information content (AvgIpc) is 3.64. The number of aromatic amines is 1. The molecule has 1 unspecified atom stereocenters. The van der Waals surface area contributed by atoms with E-state index < -0.39 is 11.4 Å².